The summed E-state index contributed by atoms with van der Waals surface area (Å²) in [7, 11) is 1.54. The molecule has 0 aliphatic carbocycles. The van der Waals surface area contributed by atoms with Crippen LogP contribution in [0.2, 0.25) is 10.0 Å². The van der Waals surface area contributed by atoms with Crippen LogP contribution in [0.3, 0.4) is 0 Å². The number of anilines is 2. The van der Waals surface area contributed by atoms with Gasteiger partial charge in [0.15, 0.2) is 0 Å². The van der Waals surface area contributed by atoms with E-state index >= 15 is 0 Å². The summed E-state index contributed by atoms with van der Waals surface area (Å²) in [6.45, 7) is 0. The molecule has 0 radical (unpaired) electrons. The number of carbonyl (C=O) groups is 2. The van der Waals surface area contributed by atoms with Gasteiger partial charge >= 0.3 is 0 Å². The number of amides is 2. The predicted octanol–water partition coefficient (Wildman–Crippen LogP) is 5.44. The van der Waals surface area contributed by atoms with Gasteiger partial charge in [-0.05, 0) is 54.1 Å². The lowest BCUT2D eigenvalue weighted by molar-refractivity contribution is -0.115. The number of hydrogen-bond acceptors (Lipinski definition) is 3. The van der Waals surface area contributed by atoms with Crippen LogP contribution in [0, 0.1) is 0 Å². The maximum absolute atomic E-state index is 12.4. The minimum atomic E-state index is -0.275. The molecule has 0 aromatic heterocycles. The Morgan fingerprint density at radius 2 is 1.62 bits per heavy atom. The van der Waals surface area contributed by atoms with E-state index in [1.807, 2.05) is 12.1 Å². The molecule has 0 spiro atoms. The highest BCUT2D eigenvalue weighted by Gasteiger charge is 2.10. The van der Waals surface area contributed by atoms with Crippen LogP contribution in [-0.2, 0) is 11.2 Å². The van der Waals surface area contributed by atoms with Gasteiger partial charge in [0.05, 0.1) is 29.3 Å². The number of halogens is 2. The molecule has 3 aromatic rings. The van der Waals surface area contributed by atoms with E-state index in [1.165, 1.54) is 0 Å². The van der Waals surface area contributed by atoms with Gasteiger partial charge in [0.25, 0.3) is 5.91 Å². The van der Waals surface area contributed by atoms with E-state index in [0.717, 1.165) is 5.56 Å². The van der Waals surface area contributed by atoms with Crippen LogP contribution in [0.5, 0.6) is 5.75 Å². The Bertz CT molecular complexity index is 1040. The van der Waals surface area contributed by atoms with Gasteiger partial charge in [0, 0.05) is 11.3 Å². The second-order valence-corrected chi connectivity index (χ2v) is 7.02. The van der Waals surface area contributed by atoms with Crippen molar-refractivity contribution >= 4 is 46.4 Å². The number of methoxy groups -OCH3 is 1. The number of para-hydroxylation sites is 2. The summed E-state index contributed by atoms with van der Waals surface area (Å²) in [4.78, 5) is 24.7. The maximum Gasteiger partial charge on any atom is 0.255 e. The average molecular weight is 429 g/mol. The van der Waals surface area contributed by atoms with Gasteiger partial charge in [-0.1, -0.05) is 41.4 Å². The van der Waals surface area contributed by atoms with E-state index in [4.69, 9.17) is 27.9 Å². The number of hydrogen-bond donors (Lipinski definition) is 2. The van der Waals surface area contributed by atoms with Crippen molar-refractivity contribution in [3.05, 3.63) is 87.9 Å². The molecule has 7 heteroatoms. The smallest absolute Gasteiger partial charge is 0.255 e. The molecule has 3 aromatic carbocycles. The molecule has 0 aliphatic heterocycles. The molecule has 0 bridgehead atoms. The van der Waals surface area contributed by atoms with Crippen molar-refractivity contribution in [1.82, 2.24) is 0 Å². The van der Waals surface area contributed by atoms with Gasteiger partial charge in [0.1, 0.15) is 5.75 Å². The summed E-state index contributed by atoms with van der Waals surface area (Å²) in [5.41, 5.74) is 2.38. The number of rotatable bonds is 6. The number of ether oxygens (including phenoxy) is 1. The Hall–Kier alpha value is -3.02. The first kappa shape index (κ1) is 20.7. The molecular weight excluding hydrogens is 411 g/mol. The standard InChI is InChI=1S/C22H18Cl2N2O3/c1-29-20-5-3-2-4-19(20)26-22(28)15-7-9-16(10-8-15)25-21(27)13-14-6-11-17(23)18(24)12-14/h2-12H,13H2,1H3,(H,25,27)(H,26,28). The lowest BCUT2D eigenvalue weighted by Gasteiger charge is -2.10. The van der Waals surface area contributed by atoms with Crippen molar-refractivity contribution in [3.8, 4) is 5.75 Å². The molecule has 0 saturated carbocycles. The fourth-order valence-electron chi connectivity index (χ4n) is 2.69. The summed E-state index contributed by atoms with van der Waals surface area (Å²) >= 11 is 11.9. The first-order chi connectivity index (χ1) is 14.0. The van der Waals surface area contributed by atoms with Crippen LogP contribution in [0.4, 0.5) is 11.4 Å². The van der Waals surface area contributed by atoms with Gasteiger partial charge < -0.3 is 15.4 Å². The third-order valence-corrected chi connectivity index (χ3v) is 4.87. The van der Waals surface area contributed by atoms with Crippen LogP contribution in [0.25, 0.3) is 0 Å². The van der Waals surface area contributed by atoms with E-state index in [2.05, 4.69) is 10.6 Å². The molecule has 0 unspecified atom stereocenters. The normalized spacial score (nSPS) is 10.3. The van der Waals surface area contributed by atoms with Crippen LogP contribution in [-0.4, -0.2) is 18.9 Å². The molecule has 0 atom stereocenters. The summed E-state index contributed by atoms with van der Waals surface area (Å²) in [5.74, 6) is 0.102. The van der Waals surface area contributed by atoms with E-state index in [0.29, 0.717) is 32.7 Å². The van der Waals surface area contributed by atoms with Crippen molar-refractivity contribution in [2.24, 2.45) is 0 Å². The van der Waals surface area contributed by atoms with Crippen LogP contribution >= 0.6 is 23.2 Å². The SMILES string of the molecule is COc1ccccc1NC(=O)c1ccc(NC(=O)Cc2ccc(Cl)c(Cl)c2)cc1. The Kier molecular flexibility index (Phi) is 6.75. The summed E-state index contributed by atoms with van der Waals surface area (Å²) in [6, 6.07) is 18.8. The lowest BCUT2D eigenvalue weighted by atomic mass is 10.1. The summed E-state index contributed by atoms with van der Waals surface area (Å²) in [5, 5.41) is 6.45. The van der Waals surface area contributed by atoms with Gasteiger partial charge in [-0.3, -0.25) is 9.59 Å². The Morgan fingerprint density at radius 1 is 0.897 bits per heavy atom. The minimum absolute atomic E-state index is 0.160. The van der Waals surface area contributed by atoms with Crippen LogP contribution in [0.1, 0.15) is 15.9 Å². The molecule has 2 N–H and O–H groups in total. The molecule has 0 aliphatic rings. The topological polar surface area (TPSA) is 67.4 Å². The zero-order valence-corrected chi connectivity index (χ0v) is 17.1. The number of carbonyl (C=O) groups excluding carboxylic acids is 2. The first-order valence-corrected chi connectivity index (χ1v) is 9.50. The molecular formula is C22H18Cl2N2O3. The molecule has 0 heterocycles. The van der Waals surface area contributed by atoms with E-state index in [1.54, 1.807) is 61.7 Å². The molecule has 29 heavy (non-hydrogen) atoms. The first-order valence-electron chi connectivity index (χ1n) is 8.74. The van der Waals surface area contributed by atoms with Crippen molar-refractivity contribution in [2.75, 3.05) is 17.7 Å². The van der Waals surface area contributed by atoms with Gasteiger partial charge in [-0.25, -0.2) is 0 Å². The van der Waals surface area contributed by atoms with Crippen molar-refractivity contribution in [3.63, 3.8) is 0 Å². The second kappa shape index (κ2) is 9.45. The third kappa shape index (κ3) is 5.50. The minimum Gasteiger partial charge on any atom is -0.495 e. The quantitative estimate of drug-likeness (QED) is 0.549. The maximum atomic E-state index is 12.4. The summed E-state index contributed by atoms with van der Waals surface area (Å²) in [6.07, 6.45) is 0.160. The highest BCUT2D eigenvalue weighted by molar-refractivity contribution is 6.42. The second-order valence-electron chi connectivity index (χ2n) is 6.21. The zero-order chi connectivity index (χ0) is 20.8. The Balaban J connectivity index is 1.61. The highest BCUT2D eigenvalue weighted by atomic mass is 35.5. The molecule has 5 nitrogen and oxygen atoms in total. The van der Waals surface area contributed by atoms with Crippen LogP contribution < -0.4 is 15.4 Å². The molecule has 3 rings (SSSR count). The van der Waals surface area contributed by atoms with Gasteiger partial charge in [-0.2, -0.15) is 0 Å². The van der Waals surface area contributed by atoms with Gasteiger partial charge in [0.2, 0.25) is 5.91 Å². The van der Waals surface area contributed by atoms with Crippen molar-refractivity contribution in [1.29, 1.82) is 0 Å². The molecule has 0 saturated heterocycles. The number of nitrogens with one attached hydrogen (secondary N) is 2. The monoisotopic (exact) mass is 428 g/mol. The van der Waals surface area contributed by atoms with E-state index in [-0.39, 0.29) is 18.2 Å². The fraction of sp³-hybridized carbons (Fsp3) is 0.0909. The Labute approximate surface area is 178 Å². The molecule has 2 amide bonds. The Morgan fingerprint density at radius 3 is 2.31 bits per heavy atom. The van der Waals surface area contributed by atoms with Crippen molar-refractivity contribution in [2.45, 2.75) is 6.42 Å². The predicted molar refractivity (Wildman–Crippen MR) is 116 cm³/mol. The lowest BCUT2D eigenvalue weighted by Crippen LogP contribution is -2.15. The fourth-order valence-corrected chi connectivity index (χ4v) is 3.01. The zero-order valence-electron chi connectivity index (χ0n) is 15.5. The van der Waals surface area contributed by atoms with Crippen LogP contribution in [0.15, 0.2) is 66.7 Å². The highest BCUT2D eigenvalue weighted by Crippen LogP contribution is 2.24. The molecule has 0 fully saturated rings. The third-order valence-electron chi connectivity index (χ3n) is 4.13. The summed E-state index contributed by atoms with van der Waals surface area (Å²) < 4.78 is 5.23. The van der Waals surface area contributed by atoms with Gasteiger partial charge in [-0.15, -0.1) is 0 Å². The largest absolute Gasteiger partial charge is 0.495 e. The van der Waals surface area contributed by atoms with E-state index in [9.17, 15) is 9.59 Å². The van der Waals surface area contributed by atoms with Crippen molar-refractivity contribution < 1.29 is 14.3 Å². The molecule has 148 valence electrons. The average Bonchev–Trinajstić information content (AvgIpc) is 2.71. The van der Waals surface area contributed by atoms with E-state index < -0.39 is 0 Å². The number of benzene rings is 3.